The van der Waals surface area contributed by atoms with Gasteiger partial charge in [0.25, 0.3) is 5.91 Å². The summed E-state index contributed by atoms with van der Waals surface area (Å²) >= 11 is 0. The SMILES string of the molecule is Cc1cccn2ncc(C(=O)N3CC[C@H]4OCC(=O)N[C@H]4C3)c12. The number of rotatable bonds is 1. The number of aromatic nitrogens is 2. The van der Waals surface area contributed by atoms with Gasteiger partial charge in [0.1, 0.15) is 6.61 Å². The number of amides is 2. The number of pyridine rings is 1. The van der Waals surface area contributed by atoms with Crippen molar-refractivity contribution in [2.75, 3.05) is 19.7 Å². The van der Waals surface area contributed by atoms with Crippen LogP contribution in [-0.4, -0.2) is 58.2 Å². The van der Waals surface area contributed by atoms with Crippen LogP contribution in [0.4, 0.5) is 0 Å². The average Bonchev–Trinajstić information content (AvgIpc) is 2.99. The topological polar surface area (TPSA) is 75.9 Å². The molecule has 0 aliphatic carbocycles. The standard InChI is InChI=1S/C16H18N4O3/c1-10-3-2-5-20-15(10)11(7-17-20)16(22)19-6-4-13-12(8-19)18-14(21)9-23-13/h2-3,5,7,12-13H,4,6,8-9H2,1H3,(H,18,21)/t12-,13+/m0/s1. The summed E-state index contributed by atoms with van der Waals surface area (Å²) in [5.41, 5.74) is 2.45. The summed E-state index contributed by atoms with van der Waals surface area (Å²) in [6, 6.07) is 3.75. The Balaban J connectivity index is 1.60. The Morgan fingerprint density at radius 3 is 3.22 bits per heavy atom. The van der Waals surface area contributed by atoms with Crippen molar-refractivity contribution in [2.45, 2.75) is 25.5 Å². The number of likely N-dealkylation sites (tertiary alicyclic amines) is 1. The smallest absolute Gasteiger partial charge is 0.257 e. The Morgan fingerprint density at radius 2 is 2.35 bits per heavy atom. The van der Waals surface area contributed by atoms with Crippen LogP contribution in [0.5, 0.6) is 0 Å². The molecule has 2 aliphatic rings. The Bertz CT molecular complexity index is 785. The van der Waals surface area contributed by atoms with Crippen LogP contribution in [0.25, 0.3) is 5.52 Å². The molecule has 0 spiro atoms. The Morgan fingerprint density at radius 1 is 1.48 bits per heavy atom. The fourth-order valence-electron chi connectivity index (χ4n) is 3.43. The first-order chi connectivity index (χ1) is 11.1. The quantitative estimate of drug-likeness (QED) is 0.825. The lowest BCUT2D eigenvalue weighted by atomic mass is 9.99. The van der Waals surface area contributed by atoms with Gasteiger partial charge in [0, 0.05) is 19.3 Å². The molecule has 2 saturated heterocycles. The molecule has 4 heterocycles. The predicted octanol–water partition coefficient (Wildman–Crippen LogP) is 0.372. The van der Waals surface area contributed by atoms with Gasteiger partial charge in [-0.15, -0.1) is 0 Å². The van der Waals surface area contributed by atoms with Crippen LogP contribution in [0, 0.1) is 6.92 Å². The second kappa shape index (κ2) is 5.34. The minimum Gasteiger partial charge on any atom is -0.366 e. The Kier molecular flexibility index (Phi) is 3.30. The Labute approximate surface area is 133 Å². The number of aryl methyl sites for hydroxylation is 1. The molecule has 1 N–H and O–H groups in total. The number of carbonyl (C=O) groups is 2. The molecule has 4 rings (SSSR count). The molecule has 0 saturated carbocycles. The van der Waals surface area contributed by atoms with Gasteiger partial charge in [-0.1, -0.05) is 6.07 Å². The fraction of sp³-hybridized carbons (Fsp3) is 0.438. The lowest BCUT2D eigenvalue weighted by Gasteiger charge is -2.41. The van der Waals surface area contributed by atoms with Gasteiger partial charge in [-0.25, -0.2) is 4.52 Å². The first kappa shape index (κ1) is 14.2. The summed E-state index contributed by atoms with van der Waals surface area (Å²) in [7, 11) is 0. The van der Waals surface area contributed by atoms with Gasteiger partial charge in [0.2, 0.25) is 5.91 Å². The monoisotopic (exact) mass is 314 g/mol. The summed E-state index contributed by atoms with van der Waals surface area (Å²) < 4.78 is 7.26. The summed E-state index contributed by atoms with van der Waals surface area (Å²) in [5.74, 6) is -0.167. The number of hydrogen-bond acceptors (Lipinski definition) is 4. The van der Waals surface area contributed by atoms with Crippen LogP contribution in [-0.2, 0) is 9.53 Å². The summed E-state index contributed by atoms with van der Waals surface area (Å²) in [4.78, 5) is 26.2. The summed E-state index contributed by atoms with van der Waals surface area (Å²) in [6.45, 7) is 3.18. The zero-order valence-electron chi connectivity index (χ0n) is 12.9. The van der Waals surface area contributed by atoms with E-state index in [1.165, 1.54) is 0 Å². The van der Waals surface area contributed by atoms with Crippen molar-refractivity contribution in [2.24, 2.45) is 0 Å². The summed E-state index contributed by atoms with van der Waals surface area (Å²) in [6.07, 6.45) is 4.18. The number of carbonyl (C=O) groups excluding carboxylic acids is 2. The van der Waals surface area contributed by atoms with Gasteiger partial charge in [-0.05, 0) is 25.0 Å². The molecular weight excluding hydrogens is 296 g/mol. The van der Waals surface area contributed by atoms with E-state index in [0.29, 0.717) is 18.7 Å². The molecule has 2 aromatic heterocycles. The van der Waals surface area contributed by atoms with Crippen LogP contribution >= 0.6 is 0 Å². The second-order valence-corrected chi connectivity index (χ2v) is 6.11. The van der Waals surface area contributed by atoms with E-state index in [4.69, 9.17) is 4.74 Å². The van der Waals surface area contributed by atoms with E-state index in [2.05, 4.69) is 10.4 Å². The van der Waals surface area contributed by atoms with Crippen molar-refractivity contribution >= 4 is 17.3 Å². The Hall–Kier alpha value is -2.41. The third-order valence-corrected chi connectivity index (χ3v) is 4.58. The zero-order chi connectivity index (χ0) is 16.0. The number of ether oxygens (including phenoxy) is 1. The average molecular weight is 314 g/mol. The molecule has 0 aromatic carbocycles. The van der Waals surface area contributed by atoms with E-state index in [9.17, 15) is 9.59 Å². The highest BCUT2D eigenvalue weighted by atomic mass is 16.5. The predicted molar refractivity (Wildman–Crippen MR) is 82.1 cm³/mol. The molecule has 0 unspecified atom stereocenters. The van der Waals surface area contributed by atoms with Crippen LogP contribution in [0.2, 0.25) is 0 Å². The lowest BCUT2D eigenvalue weighted by molar-refractivity contribution is -0.139. The van der Waals surface area contributed by atoms with Crippen molar-refractivity contribution in [3.05, 3.63) is 35.7 Å². The van der Waals surface area contributed by atoms with Crippen molar-refractivity contribution in [3.63, 3.8) is 0 Å². The van der Waals surface area contributed by atoms with Crippen LogP contribution in [0.1, 0.15) is 22.3 Å². The maximum absolute atomic E-state index is 12.9. The normalized spacial score (nSPS) is 24.4. The van der Waals surface area contributed by atoms with Crippen molar-refractivity contribution in [1.82, 2.24) is 19.8 Å². The fourth-order valence-corrected chi connectivity index (χ4v) is 3.43. The van der Waals surface area contributed by atoms with Gasteiger partial charge in [-0.2, -0.15) is 5.10 Å². The first-order valence-electron chi connectivity index (χ1n) is 7.76. The number of nitrogens with zero attached hydrogens (tertiary/aromatic N) is 3. The number of morpholine rings is 1. The minimum atomic E-state index is -0.128. The van der Waals surface area contributed by atoms with Crippen molar-refractivity contribution in [3.8, 4) is 0 Å². The molecule has 23 heavy (non-hydrogen) atoms. The van der Waals surface area contributed by atoms with E-state index in [-0.39, 0.29) is 30.6 Å². The largest absolute Gasteiger partial charge is 0.366 e. The van der Waals surface area contributed by atoms with Gasteiger partial charge in [0.05, 0.1) is 29.4 Å². The van der Waals surface area contributed by atoms with Gasteiger partial charge < -0.3 is 15.0 Å². The highest BCUT2D eigenvalue weighted by Gasteiger charge is 2.37. The van der Waals surface area contributed by atoms with E-state index in [1.807, 2.05) is 25.3 Å². The third kappa shape index (κ3) is 2.37. The first-order valence-corrected chi connectivity index (χ1v) is 7.76. The zero-order valence-corrected chi connectivity index (χ0v) is 12.9. The van der Waals surface area contributed by atoms with Crippen molar-refractivity contribution in [1.29, 1.82) is 0 Å². The summed E-state index contributed by atoms with van der Waals surface area (Å²) in [5, 5.41) is 7.18. The molecule has 7 heteroatoms. The van der Waals surface area contributed by atoms with Gasteiger partial charge in [-0.3, -0.25) is 9.59 Å². The van der Waals surface area contributed by atoms with Gasteiger partial charge in [0.15, 0.2) is 0 Å². The van der Waals surface area contributed by atoms with Crippen molar-refractivity contribution < 1.29 is 14.3 Å². The highest BCUT2D eigenvalue weighted by molar-refractivity contribution is 6.01. The number of fused-ring (bicyclic) bond motifs is 2. The van der Waals surface area contributed by atoms with E-state index in [0.717, 1.165) is 17.5 Å². The maximum atomic E-state index is 12.9. The van der Waals surface area contributed by atoms with Gasteiger partial charge >= 0.3 is 0 Å². The molecule has 2 amide bonds. The van der Waals surface area contributed by atoms with Crippen LogP contribution < -0.4 is 5.32 Å². The minimum absolute atomic E-state index is 0.00222. The molecule has 7 nitrogen and oxygen atoms in total. The third-order valence-electron chi connectivity index (χ3n) is 4.58. The second-order valence-electron chi connectivity index (χ2n) is 6.11. The number of piperidine rings is 1. The molecule has 2 aromatic rings. The van der Waals surface area contributed by atoms with E-state index in [1.54, 1.807) is 15.6 Å². The molecular formula is C16H18N4O3. The molecule has 2 atom stereocenters. The molecule has 2 fully saturated rings. The molecule has 2 aliphatic heterocycles. The lowest BCUT2D eigenvalue weighted by Crippen LogP contribution is -2.61. The van der Waals surface area contributed by atoms with Crippen LogP contribution in [0.3, 0.4) is 0 Å². The highest BCUT2D eigenvalue weighted by Crippen LogP contribution is 2.22. The van der Waals surface area contributed by atoms with Crippen LogP contribution in [0.15, 0.2) is 24.5 Å². The maximum Gasteiger partial charge on any atom is 0.257 e. The molecule has 0 bridgehead atoms. The molecule has 0 radical (unpaired) electrons. The number of nitrogens with one attached hydrogen (secondary N) is 1. The number of hydrogen-bond donors (Lipinski definition) is 1. The van der Waals surface area contributed by atoms with E-state index >= 15 is 0 Å². The molecule has 120 valence electrons. The van der Waals surface area contributed by atoms with E-state index < -0.39 is 0 Å².